The zero-order valence-corrected chi connectivity index (χ0v) is 9.82. The van der Waals surface area contributed by atoms with Gasteiger partial charge in [0.15, 0.2) is 0 Å². The standard InChI is InChI=1S/C13H8ClFO3/c14-8-1-6-12(11(7-8)13(16)17)18-10-4-2-9(15)3-5-10/h1-7H,(H,16,17). The summed E-state index contributed by atoms with van der Waals surface area (Å²) in [6.07, 6.45) is 0. The molecule has 0 aliphatic rings. The molecule has 0 aliphatic heterocycles. The van der Waals surface area contributed by atoms with Crippen LogP contribution in [0.25, 0.3) is 0 Å². The van der Waals surface area contributed by atoms with Crippen molar-refractivity contribution in [1.82, 2.24) is 0 Å². The van der Waals surface area contributed by atoms with E-state index >= 15 is 0 Å². The maximum absolute atomic E-state index is 12.7. The van der Waals surface area contributed by atoms with Gasteiger partial charge in [-0.1, -0.05) is 11.6 Å². The number of rotatable bonds is 3. The molecule has 0 amide bonds. The van der Waals surface area contributed by atoms with Gasteiger partial charge in [0.1, 0.15) is 22.9 Å². The summed E-state index contributed by atoms with van der Waals surface area (Å²) in [6, 6.07) is 9.55. The molecular weight excluding hydrogens is 259 g/mol. The maximum Gasteiger partial charge on any atom is 0.339 e. The third-order valence-electron chi connectivity index (χ3n) is 2.21. The number of carboxylic acid groups (broad SMARTS) is 1. The molecule has 2 aromatic carbocycles. The monoisotopic (exact) mass is 266 g/mol. The Morgan fingerprint density at radius 2 is 1.83 bits per heavy atom. The number of benzene rings is 2. The Labute approximate surface area is 107 Å². The molecule has 0 aromatic heterocycles. The molecule has 0 spiro atoms. The molecule has 0 saturated heterocycles. The van der Waals surface area contributed by atoms with E-state index in [4.69, 9.17) is 21.4 Å². The van der Waals surface area contributed by atoms with E-state index in [0.717, 1.165) is 0 Å². The Hall–Kier alpha value is -2.07. The summed E-state index contributed by atoms with van der Waals surface area (Å²) < 4.78 is 18.1. The fourth-order valence-electron chi connectivity index (χ4n) is 1.39. The lowest BCUT2D eigenvalue weighted by molar-refractivity contribution is 0.0694. The number of ether oxygens (including phenoxy) is 1. The molecule has 0 unspecified atom stereocenters. The maximum atomic E-state index is 12.7. The topological polar surface area (TPSA) is 46.5 Å². The highest BCUT2D eigenvalue weighted by molar-refractivity contribution is 6.31. The van der Waals surface area contributed by atoms with Crippen molar-refractivity contribution in [2.45, 2.75) is 0 Å². The molecule has 92 valence electrons. The molecule has 0 heterocycles. The molecule has 2 aromatic rings. The largest absolute Gasteiger partial charge is 0.478 e. The third kappa shape index (κ3) is 2.78. The minimum absolute atomic E-state index is 0.0492. The summed E-state index contributed by atoms with van der Waals surface area (Å²) in [4.78, 5) is 11.0. The molecule has 0 aliphatic carbocycles. The fourth-order valence-corrected chi connectivity index (χ4v) is 1.56. The van der Waals surface area contributed by atoms with Crippen molar-refractivity contribution in [3.05, 3.63) is 58.9 Å². The molecule has 5 heteroatoms. The molecule has 2 rings (SSSR count). The Morgan fingerprint density at radius 1 is 1.17 bits per heavy atom. The van der Waals surface area contributed by atoms with Gasteiger partial charge in [0.05, 0.1) is 0 Å². The van der Waals surface area contributed by atoms with Crippen LogP contribution >= 0.6 is 11.6 Å². The minimum Gasteiger partial charge on any atom is -0.478 e. The van der Waals surface area contributed by atoms with Crippen LogP contribution in [0.3, 0.4) is 0 Å². The van der Waals surface area contributed by atoms with Crippen molar-refractivity contribution < 1.29 is 19.0 Å². The summed E-state index contributed by atoms with van der Waals surface area (Å²) in [6.45, 7) is 0. The number of halogens is 2. The smallest absolute Gasteiger partial charge is 0.339 e. The van der Waals surface area contributed by atoms with Gasteiger partial charge in [-0.25, -0.2) is 9.18 Å². The number of aromatic carboxylic acids is 1. The quantitative estimate of drug-likeness (QED) is 0.914. The first-order valence-electron chi connectivity index (χ1n) is 5.02. The van der Waals surface area contributed by atoms with Crippen LogP contribution < -0.4 is 4.74 Å². The predicted molar refractivity (Wildman–Crippen MR) is 64.9 cm³/mol. The van der Waals surface area contributed by atoms with Crippen molar-refractivity contribution >= 4 is 17.6 Å². The van der Waals surface area contributed by atoms with Gasteiger partial charge in [-0.05, 0) is 42.5 Å². The van der Waals surface area contributed by atoms with E-state index in [-0.39, 0.29) is 11.3 Å². The van der Waals surface area contributed by atoms with Crippen molar-refractivity contribution in [2.24, 2.45) is 0 Å². The first kappa shape index (κ1) is 12.4. The number of carboxylic acids is 1. The average molecular weight is 267 g/mol. The van der Waals surface area contributed by atoms with Crippen molar-refractivity contribution in [3.8, 4) is 11.5 Å². The van der Waals surface area contributed by atoms with Crippen LogP contribution in [0, 0.1) is 5.82 Å². The van der Waals surface area contributed by atoms with Crippen molar-refractivity contribution in [3.63, 3.8) is 0 Å². The fraction of sp³-hybridized carbons (Fsp3) is 0. The second-order valence-electron chi connectivity index (χ2n) is 3.50. The van der Waals surface area contributed by atoms with Crippen LogP contribution in [0.4, 0.5) is 4.39 Å². The highest BCUT2D eigenvalue weighted by atomic mass is 35.5. The molecule has 3 nitrogen and oxygen atoms in total. The van der Waals surface area contributed by atoms with Crippen LogP contribution in [0.15, 0.2) is 42.5 Å². The van der Waals surface area contributed by atoms with E-state index < -0.39 is 11.8 Å². The average Bonchev–Trinajstić information content (AvgIpc) is 2.34. The predicted octanol–water partition coefficient (Wildman–Crippen LogP) is 3.97. The summed E-state index contributed by atoms with van der Waals surface area (Å²) in [7, 11) is 0. The van der Waals surface area contributed by atoms with E-state index in [1.54, 1.807) is 0 Å². The lowest BCUT2D eigenvalue weighted by Crippen LogP contribution is -1.99. The van der Waals surface area contributed by atoms with E-state index in [1.165, 1.54) is 42.5 Å². The first-order valence-corrected chi connectivity index (χ1v) is 5.40. The SMILES string of the molecule is O=C(O)c1cc(Cl)ccc1Oc1ccc(F)cc1. The lowest BCUT2D eigenvalue weighted by atomic mass is 10.2. The second kappa shape index (κ2) is 5.06. The lowest BCUT2D eigenvalue weighted by Gasteiger charge is -2.08. The number of hydrogen-bond donors (Lipinski definition) is 1. The van der Waals surface area contributed by atoms with Crippen LogP contribution in [0.1, 0.15) is 10.4 Å². The molecule has 18 heavy (non-hydrogen) atoms. The van der Waals surface area contributed by atoms with Gasteiger partial charge < -0.3 is 9.84 Å². The first-order chi connectivity index (χ1) is 8.56. The van der Waals surface area contributed by atoms with Crippen molar-refractivity contribution in [1.29, 1.82) is 0 Å². The Bertz CT molecular complexity index is 581. The van der Waals surface area contributed by atoms with Gasteiger partial charge in [0.25, 0.3) is 0 Å². The van der Waals surface area contributed by atoms with Gasteiger partial charge in [-0.15, -0.1) is 0 Å². The molecular formula is C13H8ClFO3. The summed E-state index contributed by atoms with van der Waals surface area (Å²) in [5.41, 5.74) is -0.0492. The van der Waals surface area contributed by atoms with E-state index in [2.05, 4.69) is 0 Å². The van der Waals surface area contributed by atoms with Gasteiger partial charge in [-0.2, -0.15) is 0 Å². The summed E-state index contributed by atoms with van der Waals surface area (Å²) in [5.74, 6) is -1.04. The van der Waals surface area contributed by atoms with Crippen LogP contribution in [-0.4, -0.2) is 11.1 Å². The number of hydrogen-bond acceptors (Lipinski definition) is 2. The van der Waals surface area contributed by atoms with Crippen molar-refractivity contribution in [2.75, 3.05) is 0 Å². The molecule has 0 fully saturated rings. The minimum atomic E-state index is -1.14. The van der Waals surface area contributed by atoms with E-state index in [9.17, 15) is 9.18 Å². The highest BCUT2D eigenvalue weighted by Gasteiger charge is 2.12. The van der Waals surface area contributed by atoms with Gasteiger partial charge in [0.2, 0.25) is 0 Å². The molecule has 0 bridgehead atoms. The van der Waals surface area contributed by atoms with Gasteiger partial charge >= 0.3 is 5.97 Å². The Balaban J connectivity index is 2.34. The molecule has 0 radical (unpaired) electrons. The van der Waals surface area contributed by atoms with Crippen LogP contribution in [-0.2, 0) is 0 Å². The normalized spacial score (nSPS) is 10.1. The van der Waals surface area contributed by atoms with Gasteiger partial charge in [-0.3, -0.25) is 0 Å². The highest BCUT2D eigenvalue weighted by Crippen LogP contribution is 2.28. The molecule has 1 N–H and O–H groups in total. The van der Waals surface area contributed by atoms with Crippen LogP contribution in [0.5, 0.6) is 11.5 Å². The van der Waals surface area contributed by atoms with Crippen LogP contribution in [0.2, 0.25) is 5.02 Å². The Kier molecular flexibility index (Phi) is 3.48. The second-order valence-corrected chi connectivity index (χ2v) is 3.94. The summed E-state index contributed by atoms with van der Waals surface area (Å²) in [5, 5.41) is 9.32. The van der Waals surface area contributed by atoms with Gasteiger partial charge in [0, 0.05) is 5.02 Å². The molecule has 0 atom stereocenters. The zero-order valence-electron chi connectivity index (χ0n) is 9.06. The zero-order chi connectivity index (χ0) is 13.1. The molecule has 0 saturated carbocycles. The summed E-state index contributed by atoms with van der Waals surface area (Å²) >= 11 is 5.72. The Morgan fingerprint density at radius 3 is 2.44 bits per heavy atom. The third-order valence-corrected chi connectivity index (χ3v) is 2.45. The number of carbonyl (C=O) groups is 1. The van der Waals surface area contributed by atoms with E-state index in [0.29, 0.717) is 10.8 Å². The van der Waals surface area contributed by atoms with E-state index in [1.807, 2.05) is 0 Å².